The maximum atomic E-state index is 13.7. The van der Waals surface area contributed by atoms with Crippen LogP contribution >= 0.6 is 23.1 Å². The Morgan fingerprint density at radius 2 is 1.93 bits per heavy atom. The van der Waals surface area contributed by atoms with Crippen molar-refractivity contribution in [3.05, 3.63) is 51.1 Å². The van der Waals surface area contributed by atoms with Crippen LogP contribution in [0.2, 0.25) is 0 Å². The number of aryl methyl sites for hydroxylation is 2. The van der Waals surface area contributed by atoms with E-state index in [0.717, 1.165) is 35.2 Å². The van der Waals surface area contributed by atoms with Gasteiger partial charge in [-0.2, -0.15) is 0 Å². The maximum absolute atomic E-state index is 13.7. The zero-order valence-electron chi connectivity index (χ0n) is 15.3. The molecule has 3 heterocycles. The summed E-state index contributed by atoms with van der Waals surface area (Å²) < 4.78 is 6.79. The number of cyclic esters (lactones) is 1. The first kappa shape index (κ1) is 17.9. The maximum Gasteiger partial charge on any atom is 0.319 e. The van der Waals surface area contributed by atoms with Crippen LogP contribution in [0.5, 0.6) is 0 Å². The number of hydrogen-bond acceptors (Lipinski definition) is 6. The van der Waals surface area contributed by atoms with Gasteiger partial charge in [-0.3, -0.25) is 14.2 Å². The number of carbonyl (C=O) groups is 1. The molecule has 0 radical (unpaired) electrons. The van der Waals surface area contributed by atoms with Gasteiger partial charge in [-0.05, 0) is 43.4 Å². The molecule has 28 heavy (non-hydrogen) atoms. The van der Waals surface area contributed by atoms with Crippen LogP contribution in [0.1, 0.15) is 36.1 Å². The summed E-state index contributed by atoms with van der Waals surface area (Å²) in [6.45, 7) is 0.432. The van der Waals surface area contributed by atoms with Crippen molar-refractivity contribution in [1.29, 1.82) is 0 Å². The number of esters is 1. The van der Waals surface area contributed by atoms with Crippen LogP contribution in [-0.2, 0) is 22.4 Å². The third-order valence-corrected chi connectivity index (χ3v) is 7.74. The Labute approximate surface area is 170 Å². The number of thioether (sulfide) groups is 1. The molecule has 1 atom stereocenters. The SMILES string of the molecule is O=C1OCC[C@@H]1Sc1nc2sc3c(c2c(=O)n1-c1ccccc1)CCCCC3. The Morgan fingerprint density at radius 3 is 2.71 bits per heavy atom. The Bertz CT molecular complexity index is 1100. The number of para-hydroxylation sites is 1. The lowest BCUT2D eigenvalue weighted by atomic mass is 10.1. The van der Waals surface area contributed by atoms with E-state index in [4.69, 9.17) is 9.72 Å². The van der Waals surface area contributed by atoms with E-state index in [2.05, 4.69) is 0 Å². The Kier molecular flexibility index (Phi) is 4.72. The first-order valence-corrected chi connectivity index (χ1v) is 11.4. The molecule has 2 aromatic heterocycles. The zero-order chi connectivity index (χ0) is 19.1. The minimum atomic E-state index is -0.308. The molecule has 0 saturated carbocycles. The molecule has 5 nitrogen and oxygen atoms in total. The summed E-state index contributed by atoms with van der Waals surface area (Å²) in [4.78, 5) is 32.7. The highest BCUT2D eigenvalue weighted by molar-refractivity contribution is 8.00. The summed E-state index contributed by atoms with van der Waals surface area (Å²) in [6, 6.07) is 9.59. The number of ether oxygens (including phenoxy) is 1. The molecule has 1 saturated heterocycles. The second-order valence-electron chi connectivity index (χ2n) is 7.18. The summed E-state index contributed by atoms with van der Waals surface area (Å²) >= 11 is 2.99. The van der Waals surface area contributed by atoms with Crippen LogP contribution in [0, 0.1) is 0 Å². The largest absolute Gasteiger partial charge is 0.465 e. The highest BCUT2D eigenvalue weighted by atomic mass is 32.2. The van der Waals surface area contributed by atoms with Crippen LogP contribution in [0.25, 0.3) is 15.9 Å². The van der Waals surface area contributed by atoms with Crippen LogP contribution in [0.3, 0.4) is 0 Å². The number of aromatic nitrogens is 2. The van der Waals surface area contributed by atoms with Crippen molar-refractivity contribution in [2.75, 3.05) is 6.61 Å². The highest BCUT2D eigenvalue weighted by Crippen LogP contribution is 2.36. The summed E-state index contributed by atoms with van der Waals surface area (Å²) in [7, 11) is 0. The Hall–Kier alpha value is -2.12. The quantitative estimate of drug-likeness (QED) is 0.368. The number of nitrogens with zero attached hydrogens (tertiary/aromatic N) is 2. The van der Waals surface area contributed by atoms with Crippen molar-refractivity contribution < 1.29 is 9.53 Å². The molecular weight excluding hydrogens is 392 g/mol. The van der Waals surface area contributed by atoms with Gasteiger partial charge in [0.05, 0.1) is 17.7 Å². The molecule has 2 aliphatic rings. The van der Waals surface area contributed by atoms with Crippen molar-refractivity contribution in [2.24, 2.45) is 0 Å². The monoisotopic (exact) mass is 412 g/mol. The van der Waals surface area contributed by atoms with Gasteiger partial charge in [0.15, 0.2) is 5.16 Å². The van der Waals surface area contributed by atoms with Gasteiger partial charge in [-0.15, -0.1) is 11.3 Å². The third-order valence-electron chi connectivity index (χ3n) is 5.36. The number of benzene rings is 1. The van der Waals surface area contributed by atoms with Crippen molar-refractivity contribution in [2.45, 2.75) is 48.9 Å². The van der Waals surface area contributed by atoms with Gasteiger partial charge in [0.2, 0.25) is 0 Å². The summed E-state index contributed by atoms with van der Waals surface area (Å²) in [6.07, 6.45) is 6.12. The number of carbonyl (C=O) groups excluding carboxylic acids is 1. The lowest BCUT2D eigenvalue weighted by molar-refractivity contribution is -0.137. The average molecular weight is 413 g/mol. The van der Waals surface area contributed by atoms with E-state index in [1.807, 2.05) is 30.3 Å². The molecule has 1 fully saturated rings. The van der Waals surface area contributed by atoms with Crippen molar-refractivity contribution in [3.63, 3.8) is 0 Å². The smallest absolute Gasteiger partial charge is 0.319 e. The summed E-state index contributed by atoms with van der Waals surface area (Å²) in [5.41, 5.74) is 1.95. The predicted octanol–water partition coefficient (Wildman–Crippen LogP) is 4.12. The first-order chi connectivity index (χ1) is 13.7. The van der Waals surface area contributed by atoms with E-state index in [-0.39, 0.29) is 16.8 Å². The molecular formula is C21H20N2O3S2. The lowest BCUT2D eigenvalue weighted by Gasteiger charge is -2.14. The number of fused-ring (bicyclic) bond motifs is 3. The molecule has 0 amide bonds. The molecule has 1 aromatic carbocycles. The fourth-order valence-electron chi connectivity index (χ4n) is 3.96. The zero-order valence-corrected chi connectivity index (χ0v) is 17.0. The lowest BCUT2D eigenvalue weighted by Crippen LogP contribution is -2.23. The second-order valence-corrected chi connectivity index (χ2v) is 9.43. The first-order valence-electron chi connectivity index (χ1n) is 9.68. The van der Waals surface area contributed by atoms with E-state index >= 15 is 0 Å². The summed E-state index contributed by atoms with van der Waals surface area (Å²) in [5.74, 6) is -0.221. The molecule has 1 aliphatic carbocycles. The standard InChI is InChI=1S/C21H20N2O3S2/c24-19-17-14-9-5-2-6-10-15(14)27-18(17)22-21(28-16-11-12-26-20(16)25)23(19)13-7-3-1-4-8-13/h1,3-4,7-8,16H,2,5-6,9-12H2/t16-/m0/s1. The molecule has 0 spiro atoms. The minimum absolute atomic E-state index is 0.0236. The molecule has 3 aromatic rings. The van der Waals surface area contributed by atoms with Crippen LogP contribution in [0.4, 0.5) is 0 Å². The topological polar surface area (TPSA) is 61.2 Å². The van der Waals surface area contributed by atoms with Crippen molar-refractivity contribution in [3.8, 4) is 5.69 Å². The number of thiophene rings is 1. The van der Waals surface area contributed by atoms with Gasteiger partial charge in [0, 0.05) is 11.3 Å². The summed E-state index contributed by atoms with van der Waals surface area (Å²) in [5, 5.41) is 1.03. The number of hydrogen-bond donors (Lipinski definition) is 0. The fourth-order valence-corrected chi connectivity index (χ4v) is 6.34. The van der Waals surface area contributed by atoms with Gasteiger partial charge in [-0.1, -0.05) is 36.4 Å². The third kappa shape index (κ3) is 3.06. The van der Waals surface area contributed by atoms with Crippen LogP contribution in [0.15, 0.2) is 40.3 Å². The van der Waals surface area contributed by atoms with E-state index in [1.54, 1.807) is 15.9 Å². The van der Waals surface area contributed by atoms with E-state index in [1.165, 1.54) is 35.0 Å². The molecule has 1 aliphatic heterocycles. The molecule has 7 heteroatoms. The average Bonchev–Trinajstić information content (AvgIpc) is 3.18. The molecule has 5 rings (SSSR count). The molecule has 144 valence electrons. The van der Waals surface area contributed by atoms with E-state index < -0.39 is 0 Å². The second kappa shape index (κ2) is 7.37. The van der Waals surface area contributed by atoms with E-state index in [9.17, 15) is 9.59 Å². The van der Waals surface area contributed by atoms with Crippen LogP contribution in [-0.4, -0.2) is 27.4 Å². The van der Waals surface area contributed by atoms with E-state index in [0.29, 0.717) is 18.2 Å². The fraction of sp³-hybridized carbons (Fsp3) is 0.381. The van der Waals surface area contributed by atoms with Gasteiger partial charge in [-0.25, -0.2) is 4.98 Å². The van der Waals surface area contributed by atoms with Crippen molar-refractivity contribution >= 4 is 39.3 Å². The Morgan fingerprint density at radius 1 is 1.11 bits per heavy atom. The van der Waals surface area contributed by atoms with Crippen LogP contribution < -0.4 is 5.56 Å². The number of rotatable bonds is 3. The molecule has 0 N–H and O–H groups in total. The predicted molar refractivity (Wildman–Crippen MR) is 112 cm³/mol. The van der Waals surface area contributed by atoms with Gasteiger partial charge >= 0.3 is 5.97 Å². The van der Waals surface area contributed by atoms with Gasteiger partial charge in [0.25, 0.3) is 5.56 Å². The van der Waals surface area contributed by atoms with Crippen molar-refractivity contribution in [1.82, 2.24) is 9.55 Å². The highest BCUT2D eigenvalue weighted by Gasteiger charge is 2.30. The van der Waals surface area contributed by atoms with Gasteiger partial charge < -0.3 is 4.74 Å². The molecule has 0 unspecified atom stereocenters. The Balaban J connectivity index is 1.73. The minimum Gasteiger partial charge on any atom is -0.465 e. The molecule has 0 bridgehead atoms. The normalized spacial score (nSPS) is 19.4. The van der Waals surface area contributed by atoms with Gasteiger partial charge in [0.1, 0.15) is 10.1 Å².